The van der Waals surface area contributed by atoms with Gasteiger partial charge in [-0.25, -0.2) is 4.39 Å². The van der Waals surface area contributed by atoms with Crippen LogP contribution >= 0.6 is 11.6 Å². The molecule has 0 unspecified atom stereocenters. The molecule has 1 nitrogen and oxygen atoms in total. The molecule has 2 aromatic rings. The summed E-state index contributed by atoms with van der Waals surface area (Å²) in [5.74, 6) is -0.186. The third-order valence-electron chi connectivity index (χ3n) is 3.81. The Balaban J connectivity index is 1.89. The quantitative estimate of drug-likeness (QED) is 0.903. The summed E-state index contributed by atoms with van der Waals surface area (Å²) in [5.41, 5.74) is 2.48. The van der Waals surface area contributed by atoms with Crippen LogP contribution in [0.1, 0.15) is 11.1 Å². The predicted octanol–water partition coefficient (Wildman–Crippen LogP) is 3.56. The van der Waals surface area contributed by atoms with Gasteiger partial charge in [-0.15, -0.1) is 0 Å². The van der Waals surface area contributed by atoms with Crippen LogP contribution in [0.25, 0.3) is 0 Å². The minimum Gasteiger partial charge on any atom is -0.315 e. The molecule has 1 fully saturated rings. The summed E-state index contributed by atoms with van der Waals surface area (Å²) >= 11 is 6.04. The zero-order valence-electron chi connectivity index (χ0n) is 10.5. The van der Waals surface area contributed by atoms with Gasteiger partial charge < -0.3 is 5.32 Å². The van der Waals surface area contributed by atoms with E-state index in [2.05, 4.69) is 11.4 Å². The molecule has 0 radical (unpaired) electrons. The van der Waals surface area contributed by atoms with E-state index >= 15 is 0 Å². The molecule has 0 amide bonds. The van der Waals surface area contributed by atoms with E-state index in [0.29, 0.717) is 0 Å². The standard InChI is InChI=1S/C16H15ClFN/c17-14-3-1-2-12(8-14)9-16(10-19-11-16)13-4-6-15(18)7-5-13/h1-8,19H,9-11H2. The first-order valence-electron chi connectivity index (χ1n) is 6.39. The maximum atomic E-state index is 13.0. The van der Waals surface area contributed by atoms with Gasteiger partial charge in [-0.1, -0.05) is 35.9 Å². The third kappa shape index (κ3) is 2.51. The van der Waals surface area contributed by atoms with Crippen molar-refractivity contribution in [1.29, 1.82) is 0 Å². The van der Waals surface area contributed by atoms with Crippen molar-refractivity contribution in [2.75, 3.05) is 13.1 Å². The highest BCUT2D eigenvalue weighted by Crippen LogP contribution is 2.33. The highest BCUT2D eigenvalue weighted by molar-refractivity contribution is 6.30. The molecule has 0 atom stereocenters. The van der Waals surface area contributed by atoms with E-state index in [1.54, 1.807) is 0 Å². The van der Waals surface area contributed by atoms with Gasteiger partial charge in [0.25, 0.3) is 0 Å². The molecule has 1 heterocycles. The van der Waals surface area contributed by atoms with Crippen LogP contribution in [0.2, 0.25) is 5.02 Å². The summed E-state index contributed by atoms with van der Waals surface area (Å²) in [5, 5.41) is 4.09. The Morgan fingerprint density at radius 3 is 2.42 bits per heavy atom. The maximum absolute atomic E-state index is 13.0. The van der Waals surface area contributed by atoms with Crippen LogP contribution < -0.4 is 5.32 Å². The van der Waals surface area contributed by atoms with Gasteiger partial charge >= 0.3 is 0 Å². The summed E-state index contributed by atoms with van der Waals surface area (Å²) < 4.78 is 13.0. The number of rotatable bonds is 3. The molecule has 0 bridgehead atoms. The molecule has 0 saturated carbocycles. The van der Waals surface area contributed by atoms with E-state index in [4.69, 9.17) is 11.6 Å². The lowest BCUT2D eigenvalue weighted by atomic mass is 9.71. The lowest BCUT2D eigenvalue weighted by Crippen LogP contribution is -2.58. The highest BCUT2D eigenvalue weighted by Gasteiger charge is 2.38. The van der Waals surface area contributed by atoms with Crippen LogP contribution in [-0.4, -0.2) is 13.1 Å². The molecular weight excluding hydrogens is 261 g/mol. The SMILES string of the molecule is Fc1ccc(C2(Cc3cccc(Cl)c3)CNC2)cc1. The van der Waals surface area contributed by atoms with Crippen LogP contribution in [0.5, 0.6) is 0 Å². The number of nitrogens with one attached hydrogen (secondary N) is 1. The second-order valence-corrected chi connectivity index (χ2v) is 5.63. The van der Waals surface area contributed by atoms with Gasteiger partial charge in [-0.2, -0.15) is 0 Å². The van der Waals surface area contributed by atoms with Crippen molar-refractivity contribution in [1.82, 2.24) is 5.32 Å². The molecular formula is C16H15ClFN. The lowest BCUT2D eigenvalue weighted by Gasteiger charge is -2.43. The molecule has 2 aromatic carbocycles. The molecule has 3 rings (SSSR count). The van der Waals surface area contributed by atoms with Crippen LogP contribution in [0.15, 0.2) is 48.5 Å². The molecule has 1 saturated heterocycles. The van der Waals surface area contributed by atoms with Gasteiger partial charge in [-0.3, -0.25) is 0 Å². The number of hydrogen-bond donors (Lipinski definition) is 1. The van der Waals surface area contributed by atoms with E-state index in [1.165, 1.54) is 23.3 Å². The highest BCUT2D eigenvalue weighted by atomic mass is 35.5. The van der Waals surface area contributed by atoms with Crippen molar-refractivity contribution in [3.05, 3.63) is 70.5 Å². The van der Waals surface area contributed by atoms with Gasteiger partial charge in [0.15, 0.2) is 0 Å². The molecule has 0 spiro atoms. The fourth-order valence-corrected chi connectivity index (χ4v) is 2.91. The normalized spacial score (nSPS) is 16.9. The predicted molar refractivity (Wildman–Crippen MR) is 76.1 cm³/mol. The van der Waals surface area contributed by atoms with Crippen molar-refractivity contribution in [2.45, 2.75) is 11.8 Å². The number of halogens is 2. The third-order valence-corrected chi connectivity index (χ3v) is 4.05. The lowest BCUT2D eigenvalue weighted by molar-refractivity contribution is 0.274. The number of hydrogen-bond acceptors (Lipinski definition) is 1. The second-order valence-electron chi connectivity index (χ2n) is 5.20. The molecule has 1 aliphatic rings. The summed E-state index contributed by atoms with van der Waals surface area (Å²) in [6.45, 7) is 1.84. The minimum atomic E-state index is -0.186. The average molecular weight is 276 g/mol. The van der Waals surface area contributed by atoms with Gasteiger partial charge in [0.2, 0.25) is 0 Å². The van der Waals surface area contributed by atoms with E-state index < -0.39 is 0 Å². The molecule has 1 aliphatic heterocycles. The Morgan fingerprint density at radius 2 is 1.84 bits per heavy atom. The Labute approximate surface area is 117 Å². The Bertz CT molecular complexity index is 576. The molecule has 0 aliphatic carbocycles. The van der Waals surface area contributed by atoms with Crippen molar-refractivity contribution in [2.24, 2.45) is 0 Å². The zero-order chi connectivity index (χ0) is 13.3. The van der Waals surface area contributed by atoms with E-state index in [0.717, 1.165) is 24.5 Å². The molecule has 19 heavy (non-hydrogen) atoms. The summed E-state index contributed by atoms with van der Waals surface area (Å²) in [7, 11) is 0. The van der Waals surface area contributed by atoms with Gasteiger partial charge in [0.1, 0.15) is 5.82 Å². The Hall–Kier alpha value is -1.38. The van der Waals surface area contributed by atoms with Crippen LogP contribution in [-0.2, 0) is 11.8 Å². The Kier molecular flexibility index (Phi) is 3.29. The molecule has 98 valence electrons. The maximum Gasteiger partial charge on any atom is 0.123 e. The zero-order valence-corrected chi connectivity index (χ0v) is 11.3. The van der Waals surface area contributed by atoms with Crippen molar-refractivity contribution >= 4 is 11.6 Å². The van der Waals surface area contributed by atoms with Crippen molar-refractivity contribution in [3.8, 4) is 0 Å². The van der Waals surface area contributed by atoms with E-state index in [1.807, 2.05) is 30.3 Å². The van der Waals surface area contributed by atoms with Gasteiger partial charge in [0, 0.05) is 23.5 Å². The van der Waals surface area contributed by atoms with Crippen LogP contribution in [0.4, 0.5) is 4.39 Å². The smallest absolute Gasteiger partial charge is 0.123 e. The number of benzene rings is 2. The average Bonchev–Trinajstić information content (AvgIpc) is 2.35. The monoisotopic (exact) mass is 275 g/mol. The van der Waals surface area contributed by atoms with E-state index in [-0.39, 0.29) is 11.2 Å². The first kappa shape index (κ1) is 12.6. The largest absolute Gasteiger partial charge is 0.315 e. The Morgan fingerprint density at radius 1 is 1.11 bits per heavy atom. The van der Waals surface area contributed by atoms with Crippen LogP contribution in [0.3, 0.4) is 0 Å². The fraction of sp³-hybridized carbons (Fsp3) is 0.250. The van der Waals surface area contributed by atoms with E-state index in [9.17, 15) is 4.39 Å². The summed E-state index contributed by atoms with van der Waals surface area (Å²) in [6, 6.07) is 14.8. The van der Waals surface area contributed by atoms with Crippen LogP contribution in [0, 0.1) is 5.82 Å². The first-order chi connectivity index (χ1) is 9.18. The summed E-state index contributed by atoms with van der Waals surface area (Å²) in [4.78, 5) is 0. The van der Waals surface area contributed by atoms with Gasteiger partial charge in [-0.05, 0) is 41.8 Å². The summed E-state index contributed by atoms with van der Waals surface area (Å²) in [6.07, 6.45) is 0.923. The topological polar surface area (TPSA) is 12.0 Å². The minimum absolute atomic E-state index is 0.0678. The fourth-order valence-electron chi connectivity index (χ4n) is 2.70. The van der Waals surface area contributed by atoms with Crippen molar-refractivity contribution in [3.63, 3.8) is 0 Å². The molecule has 0 aromatic heterocycles. The second kappa shape index (κ2) is 4.95. The van der Waals surface area contributed by atoms with Gasteiger partial charge in [0.05, 0.1) is 0 Å². The van der Waals surface area contributed by atoms with Crippen molar-refractivity contribution < 1.29 is 4.39 Å². The molecule has 3 heteroatoms. The first-order valence-corrected chi connectivity index (χ1v) is 6.77. The molecule has 1 N–H and O–H groups in total.